The van der Waals surface area contributed by atoms with Gasteiger partial charge in [0.1, 0.15) is 6.07 Å². The topological polar surface area (TPSA) is 83.1 Å². The van der Waals surface area contributed by atoms with Gasteiger partial charge in [-0.2, -0.15) is 18.4 Å². The number of hydrogen-bond acceptors (Lipinski definition) is 6. The first-order valence-electron chi connectivity index (χ1n) is 10.7. The molecule has 8 nitrogen and oxygen atoms in total. The third kappa shape index (κ3) is 2.93. The summed E-state index contributed by atoms with van der Waals surface area (Å²) in [4.78, 5) is 21.1. The van der Waals surface area contributed by atoms with Crippen molar-refractivity contribution in [2.45, 2.75) is 49.7 Å². The second-order valence-electron chi connectivity index (χ2n) is 8.77. The van der Waals surface area contributed by atoms with E-state index in [1.54, 1.807) is 0 Å². The average molecular weight is 447 g/mol. The third-order valence-electron chi connectivity index (χ3n) is 6.82. The Kier molecular flexibility index (Phi) is 4.31. The molecule has 1 aliphatic carbocycles. The molecule has 3 atom stereocenters. The first kappa shape index (κ1) is 20.0. The van der Waals surface area contributed by atoms with E-state index >= 15 is 0 Å². The molecule has 2 aromatic rings. The monoisotopic (exact) mass is 447 g/mol. The predicted octanol–water partition coefficient (Wildman–Crippen LogP) is 2.33. The first-order valence-corrected chi connectivity index (χ1v) is 10.7. The van der Waals surface area contributed by atoms with E-state index in [1.165, 1.54) is 11.1 Å². The van der Waals surface area contributed by atoms with Crippen molar-refractivity contribution in [3.05, 3.63) is 34.8 Å². The Balaban J connectivity index is 1.41. The number of pyridine rings is 1. The van der Waals surface area contributed by atoms with Crippen LogP contribution >= 0.6 is 0 Å². The molecule has 4 saturated heterocycles. The molecule has 1 saturated carbocycles. The fourth-order valence-corrected chi connectivity index (χ4v) is 5.03. The number of hydrogen-bond donors (Lipinski definition) is 0. The van der Waals surface area contributed by atoms with Gasteiger partial charge in [0.25, 0.3) is 5.91 Å². The average Bonchev–Trinajstić information content (AvgIpc) is 3.35. The van der Waals surface area contributed by atoms with E-state index in [2.05, 4.69) is 9.88 Å². The normalized spacial score (nSPS) is 28.1. The molecule has 0 radical (unpaired) electrons. The molecule has 11 heteroatoms. The van der Waals surface area contributed by atoms with Gasteiger partial charge in [-0.25, -0.2) is 4.98 Å². The number of rotatable bonds is 3. The Hall–Kier alpha value is -2.68. The second-order valence-corrected chi connectivity index (χ2v) is 8.77. The molecule has 0 aromatic carbocycles. The molecular weight excluding hydrogens is 427 g/mol. The van der Waals surface area contributed by atoms with Crippen molar-refractivity contribution < 1.29 is 27.4 Å². The lowest BCUT2D eigenvalue weighted by atomic mass is 9.92. The van der Waals surface area contributed by atoms with Crippen LogP contribution in [0.3, 0.4) is 0 Å². The number of alkyl halides is 3. The maximum absolute atomic E-state index is 13.8. The van der Waals surface area contributed by atoms with Crippen LogP contribution in [-0.4, -0.2) is 69.9 Å². The maximum Gasteiger partial charge on any atom is 0.419 e. The van der Waals surface area contributed by atoms with Gasteiger partial charge in [-0.3, -0.25) is 14.1 Å². The van der Waals surface area contributed by atoms with Crippen molar-refractivity contribution >= 4 is 11.6 Å². The summed E-state index contributed by atoms with van der Waals surface area (Å²) in [6.07, 6.45) is -1.44. The smallest absolute Gasteiger partial charge is 0.365 e. The van der Waals surface area contributed by atoms with Gasteiger partial charge < -0.3 is 14.4 Å². The number of halogens is 3. The van der Waals surface area contributed by atoms with Crippen LogP contribution < -0.4 is 0 Å². The van der Waals surface area contributed by atoms with Crippen LogP contribution in [0.1, 0.15) is 52.5 Å². The standard InChI is InChI=1S/C21H20F3N5O3/c22-21(23,24)13-7-12(11-1-2-11)9-29-14(8-25)16(26-18(13)29)19(30)28-4-3-15-17(20(28)32-15)27-5-6-31-10-27/h7,9,11,15,17,20H,1-6,10H2. The number of imidazole rings is 1. The molecule has 0 spiro atoms. The van der Waals surface area contributed by atoms with Crippen LogP contribution in [0.5, 0.6) is 0 Å². The molecular formula is C21H20F3N5O3. The number of ether oxygens (including phenoxy) is 2. The number of nitrogens with zero attached hydrogens (tertiary/aromatic N) is 5. The van der Waals surface area contributed by atoms with E-state index in [9.17, 15) is 23.2 Å². The van der Waals surface area contributed by atoms with Crippen molar-refractivity contribution in [2.24, 2.45) is 0 Å². The highest BCUT2D eigenvalue weighted by Gasteiger charge is 2.54. The highest BCUT2D eigenvalue weighted by Crippen LogP contribution is 2.43. The van der Waals surface area contributed by atoms with E-state index in [0.29, 0.717) is 31.9 Å². The van der Waals surface area contributed by atoms with Gasteiger partial charge in [0, 0.05) is 19.3 Å². The van der Waals surface area contributed by atoms with Crippen LogP contribution in [0.4, 0.5) is 13.2 Å². The SMILES string of the molecule is N#Cc1c(C(=O)N2CCC3OC2C3N2CCOC2)nc2c(C(F)(F)F)cc(C3CC3)cn12. The van der Waals surface area contributed by atoms with Gasteiger partial charge in [-0.05, 0) is 36.8 Å². The van der Waals surface area contributed by atoms with Gasteiger partial charge in [-0.1, -0.05) is 0 Å². The molecule has 3 unspecified atom stereocenters. The summed E-state index contributed by atoms with van der Waals surface area (Å²) < 4.78 is 53.8. The molecule has 4 aliphatic heterocycles. The quantitative estimate of drug-likeness (QED) is 0.718. The van der Waals surface area contributed by atoms with Crippen LogP contribution in [-0.2, 0) is 15.7 Å². The fraction of sp³-hybridized carbons (Fsp3) is 0.571. The van der Waals surface area contributed by atoms with E-state index in [4.69, 9.17) is 9.47 Å². The van der Waals surface area contributed by atoms with Crippen LogP contribution in [0.15, 0.2) is 12.3 Å². The number of amides is 1. The van der Waals surface area contributed by atoms with Gasteiger partial charge in [-0.15, -0.1) is 0 Å². The minimum Gasteiger partial charge on any atom is -0.365 e. The van der Waals surface area contributed by atoms with Crippen molar-refractivity contribution in [3.8, 4) is 6.07 Å². The Morgan fingerprint density at radius 3 is 2.69 bits per heavy atom. The van der Waals surface area contributed by atoms with Crippen LogP contribution in [0.2, 0.25) is 0 Å². The Morgan fingerprint density at radius 2 is 2.06 bits per heavy atom. The summed E-state index contributed by atoms with van der Waals surface area (Å²) in [5, 5.41) is 9.77. The molecule has 0 N–H and O–H groups in total. The van der Waals surface area contributed by atoms with Gasteiger partial charge >= 0.3 is 6.18 Å². The van der Waals surface area contributed by atoms with E-state index in [0.717, 1.165) is 29.9 Å². The first-order chi connectivity index (χ1) is 15.4. The summed E-state index contributed by atoms with van der Waals surface area (Å²) in [5.41, 5.74) is -1.29. The minimum absolute atomic E-state index is 0.000174. The lowest BCUT2D eigenvalue weighted by Gasteiger charge is -2.56. The van der Waals surface area contributed by atoms with E-state index in [1.807, 2.05) is 6.07 Å². The summed E-state index contributed by atoms with van der Waals surface area (Å²) in [6.45, 7) is 2.20. The predicted molar refractivity (Wildman–Crippen MR) is 103 cm³/mol. The molecule has 5 aliphatic rings. The van der Waals surface area contributed by atoms with Crippen molar-refractivity contribution in [1.82, 2.24) is 19.2 Å². The number of carbonyl (C=O) groups is 1. The lowest BCUT2D eigenvalue weighted by Crippen LogP contribution is -2.72. The largest absolute Gasteiger partial charge is 0.419 e. The summed E-state index contributed by atoms with van der Waals surface area (Å²) >= 11 is 0. The molecule has 32 heavy (non-hydrogen) atoms. The molecule has 168 valence electrons. The molecule has 5 fully saturated rings. The number of fused-ring (bicyclic) bond motifs is 3. The number of piperidine rings is 1. The zero-order valence-corrected chi connectivity index (χ0v) is 17.0. The number of nitriles is 1. The summed E-state index contributed by atoms with van der Waals surface area (Å²) in [7, 11) is 0. The second kappa shape index (κ2) is 6.91. The summed E-state index contributed by atoms with van der Waals surface area (Å²) in [5.74, 6) is -0.543. The number of aromatic nitrogens is 2. The van der Waals surface area contributed by atoms with Gasteiger partial charge in [0.15, 0.2) is 23.3 Å². The van der Waals surface area contributed by atoms with Crippen LogP contribution in [0, 0.1) is 11.3 Å². The minimum atomic E-state index is -4.65. The van der Waals surface area contributed by atoms with Crippen LogP contribution in [0.25, 0.3) is 5.65 Å². The Bertz CT molecular complexity index is 1140. The summed E-state index contributed by atoms with van der Waals surface area (Å²) in [6, 6.07) is 2.99. The molecule has 7 rings (SSSR count). The molecule has 6 heterocycles. The van der Waals surface area contributed by atoms with E-state index in [-0.39, 0.29) is 29.5 Å². The zero-order valence-electron chi connectivity index (χ0n) is 17.0. The number of carbonyl (C=O) groups excluding carboxylic acids is 1. The molecule has 1 amide bonds. The highest BCUT2D eigenvalue weighted by atomic mass is 19.4. The van der Waals surface area contributed by atoms with Crippen molar-refractivity contribution in [2.75, 3.05) is 26.4 Å². The Labute approximate surface area is 181 Å². The maximum atomic E-state index is 13.8. The zero-order chi connectivity index (χ0) is 22.2. The van der Waals surface area contributed by atoms with Crippen molar-refractivity contribution in [3.63, 3.8) is 0 Å². The molecule has 2 aromatic heterocycles. The van der Waals surface area contributed by atoms with Gasteiger partial charge in [0.2, 0.25) is 0 Å². The Morgan fingerprint density at radius 1 is 1.25 bits per heavy atom. The third-order valence-corrected chi connectivity index (χ3v) is 6.82. The van der Waals surface area contributed by atoms with Crippen molar-refractivity contribution in [1.29, 1.82) is 5.26 Å². The molecule has 2 bridgehead atoms. The highest BCUT2D eigenvalue weighted by molar-refractivity contribution is 5.96. The fourth-order valence-electron chi connectivity index (χ4n) is 5.03. The van der Waals surface area contributed by atoms with E-state index < -0.39 is 29.5 Å². The lowest BCUT2D eigenvalue weighted by molar-refractivity contribution is -0.271. The van der Waals surface area contributed by atoms with Gasteiger partial charge in [0.05, 0.1) is 31.0 Å².